The zero-order valence-corrected chi connectivity index (χ0v) is 11.4. The summed E-state index contributed by atoms with van der Waals surface area (Å²) in [6.07, 6.45) is 5.60. The van der Waals surface area contributed by atoms with E-state index in [0.717, 1.165) is 23.0 Å². The summed E-state index contributed by atoms with van der Waals surface area (Å²) in [6, 6.07) is 8.38. The molecule has 0 aliphatic rings. The Bertz CT molecular complexity index is 479. The van der Waals surface area contributed by atoms with Crippen molar-refractivity contribution in [2.75, 3.05) is 0 Å². The van der Waals surface area contributed by atoms with Gasteiger partial charge in [-0.1, -0.05) is 28.9 Å². The summed E-state index contributed by atoms with van der Waals surface area (Å²) in [5.74, 6) is 0. The third-order valence-corrected chi connectivity index (χ3v) is 3.55. The van der Waals surface area contributed by atoms with E-state index in [2.05, 4.69) is 46.2 Å². The van der Waals surface area contributed by atoms with Crippen LogP contribution in [0.3, 0.4) is 0 Å². The van der Waals surface area contributed by atoms with E-state index in [-0.39, 0.29) is 6.04 Å². The minimum Gasteiger partial charge on any atom is -0.327 e. The molecular weight excluding hydrogens is 278 g/mol. The molecule has 1 atom stereocenters. The Hall–Kier alpha value is -1.13. The van der Waals surface area contributed by atoms with E-state index in [1.807, 2.05) is 16.9 Å². The summed E-state index contributed by atoms with van der Waals surface area (Å²) in [6.45, 7) is 2.11. The Kier molecular flexibility index (Phi) is 3.97. The molecule has 0 saturated heterocycles. The van der Waals surface area contributed by atoms with Crippen molar-refractivity contribution >= 4 is 15.9 Å². The summed E-state index contributed by atoms with van der Waals surface area (Å²) in [4.78, 5) is 0. The first-order valence-electron chi connectivity index (χ1n) is 5.74. The van der Waals surface area contributed by atoms with Crippen LogP contribution >= 0.6 is 15.9 Å². The molecule has 1 heterocycles. The fraction of sp³-hybridized carbons (Fsp3) is 0.308. The summed E-state index contributed by atoms with van der Waals surface area (Å²) in [5.41, 5.74) is 8.27. The number of aromatic nitrogens is 2. The minimum atomic E-state index is 0.224. The van der Waals surface area contributed by atoms with E-state index in [9.17, 15) is 0 Å². The van der Waals surface area contributed by atoms with Gasteiger partial charge in [0.2, 0.25) is 0 Å². The molecule has 2 rings (SSSR count). The maximum absolute atomic E-state index is 5.97. The Morgan fingerprint density at radius 3 is 2.88 bits per heavy atom. The molecule has 1 aromatic heterocycles. The number of hydrogen-bond acceptors (Lipinski definition) is 2. The molecule has 1 aromatic carbocycles. The highest BCUT2D eigenvalue weighted by molar-refractivity contribution is 9.10. The maximum atomic E-state index is 5.97. The van der Waals surface area contributed by atoms with Crippen LogP contribution in [0.4, 0.5) is 0 Å². The van der Waals surface area contributed by atoms with Crippen molar-refractivity contribution in [3.8, 4) is 5.69 Å². The molecule has 2 aromatic rings. The van der Waals surface area contributed by atoms with Gasteiger partial charge >= 0.3 is 0 Å². The Labute approximate surface area is 110 Å². The van der Waals surface area contributed by atoms with Crippen molar-refractivity contribution in [2.45, 2.75) is 25.8 Å². The van der Waals surface area contributed by atoms with Crippen molar-refractivity contribution in [1.29, 1.82) is 0 Å². The van der Waals surface area contributed by atoms with E-state index in [1.165, 1.54) is 5.56 Å². The summed E-state index contributed by atoms with van der Waals surface area (Å²) in [5, 5.41) is 4.21. The van der Waals surface area contributed by atoms with Gasteiger partial charge in [0.25, 0.3) is 0 Å². The largest absolute Gasteiger partial charge is 0.327 e. The van der Waals surface area contributed by atoms with Crippen molar-refractivity contribution in [3.63, 3.8) is 0 Å². The van der Waals surface area contributed by atoms with Crippen molar-refractivity contribution in [1.82, 2.24) is 9.78 Å². The van der Waals surface area contributed by atoms with Crippen LogP contribution in [0.15, 0.2) is 41.1 Å². The highest BCUT2D eigenvalue weighted by atomic mass is 79.9. The maximum Gasteiger partial charge on any atom is 0.0656 e. The van der Waals surface area contributed by atoms with E-state index in [4.69, 9.17) is 5.73 Å². The van der Waals surface area contributed by atoms with E-state index < -0.39 is 0 Å². The van der Waals surface area contributed by atoms with Crippen LogP contribution in [0.2, 0.25) is 0 Å². The van der Waals surface area contributed by atoms with Crippen molar-refractivity contribution in [3.05, 3.63) is 46.7 Å². The molecule has 0 bridgehead atoms. The Morgan fingerprint density at radius 1 is 1.47 bits per heavy atom. The van der Waals surface area contributed by atoms with Gasteiger partial charge in [-0.2, -0.15) is 5.10 Å². The monoisotopic (exact) mass is 293 g/mol. The average molecular weight is 294 g/mol. The number of nitrogens with two attached hydrogens (primary N) is 1. The molecule has 0 spiro atoms. The van der Waals surface area contributed by atoms with Crippen LogP contribution in [-0.4, -0.2) is 15.8 Å². The summed E-state index contributed by atoms with van der Waals surface area (Å²) < 4.78 is 2.93. The first-order chi connectivity index (χ1) is 8.20. The smallest absolute Gasteiger partial charge is 0.0656 e. The van der Waals surface area contributed by atoms with Crippen molar-refractivity contribution in [2.24, 2.45) is 5.73 Å². The fourth-order valence-electron chi connectivity index (χ4n) is 1.69. The molecule has 0 amide bonds. The fourth-order valence-corrected chi connectivity index (χ4v) is 2.22. The lowest BCUT2D eigenvalue weighted by Gasteiger charge is -2.11. The molecule has 90 valence electrons. The molecule has 0 fully saturated rings. The zero-order valence-electron chi connectivity index (χ0n) is 9.81. The standard InChI is InChI=1S/C13H16BrN3/c1-2-11(15)8-10-4-5-12(9-13(10)14)17-7-3-6-16-17/h3-7,9,11H,2,8,15H2,1H3. The quantitative estimate of drug-likeness (QED) is 0.942. The van der Waals surface area contributed by atoms with Crippen molar-refractivity contribution < 1.29 is 0 Å². The third-order valence-electron chi connectivity index (χ3n) is 2.81. The SMILES string of the molecule is CCC(N)Cc1ccc(-n2cccn2)cc1Br. The molecule has 0 saturated carbocycles. The number of hydrogen-bond donors (Lipinski definition) is 1. The molecule has 4 heteroatoms. The zero-order chi connectivity index (χ0) is 12.3. The van der Waals surface area contributed by atoms with Gasteiger partial charge < -0.3 is 5.73 Å². The molecule has 2 N–H and O–H groups in total. The van der Waals surface area contributed by atoms with Gasteiger partial charge in [0.05, 0.1) is 5.69 Å². The number of halogens is 1. The lowest BCUT2D eigenvalue weighted by molar-refractivity contribution is 0.645. The predicted octanol–water partition coefficient (Wildman–Crippen LogP) is 2.91. The molecule has 0 aliphatic heterocycles. The molecule has 0 radical (unpaired) electrons. The number of rotatable bonds is 4. The van der Waals surface area contributed by atoms with Gasteiger partial charge in [0, 0.05) is 22.9 Å². The van der Waals surface area contributed by atoms with Crippen LogP contribution in [0.25, 0.3) is 5.69 Å². The highest BCUT2D eigenvalue weighted by Crippen LogP contribution is 2.22. The summed E-state index contributed by atoms with van der Waals surface area (Å²) >= 11 is 3.59. The van der Waals surface area contributed by atoms with Crippen LogP contribution in [0.5, 0.6) is 0 Å². The lowest BCUT2D eigenvalue weighted by Crippen LogP contribution is -2.21. The third kappa shape index (κ3) is 2.96. The highest BCUT2D eigenvalue weighted by Gasteiger charge is 2.06. The van der Waals surface area contributed by atoms with E-state index in [0.29, 0.717) is 0 Å². The molecule has 3 nitrogen and oxygen atoms in total. The van der Waals surface area contributed by atoms with Crippen LogP contribution in [0, 0.1) is 0 Å². The second-order valence-electron chi connectivity index (χ2n) is 4.10. The van der Waals surface area contributed by atoms with E-state index in [1.54, 1.807) is 6.20 Å². The molecule has 1 unspecified atom stereocenters. The predicted molar refractivity (Wildman–Crippen MR) is 73.2 cm³/mol. The van der Waals surface area contributed by atoms with Crippen LogP contribution in [0.1, 0.15) is 18.9 Å². The molecule has 0 aliphatic carbocycles. The molecular formula is C13H16BrN3. The van der Waals surface area contributed by atoms with Crippen LogP contribution in [-0.2, 0) is 6.42 Å². The van der Waals surface area contributed by atoms with Gasteiger partial charge in [-0.25, -0.2) is 4.68 Å². The lowest BCUT2D eigenvalue weighted by atomic mass is 10.0. The number of nitrogens with zero attached hydrogens (tertiary/aromatic N) is 2. The second-order valence-corrected chi connectivity index (χ2v) is 4.95. The topological polar surface area (TPSA) is 43.8 Å². The Balaban J connectivity index is 2.23. The average Bonchev–Trinajstić information content (AvgIpc) is 2.85. The van der Waals surface area contributed by atoms with Gasteiger partial charge in [-0.15, -0.1) is 0 Å². The van der Waals surface area contributed by atoms with Gasteiger partial charge in [0.1, 0.15) is 0 Å². The van der Waals surface area contributed by atoms with Gasteiger partial charge in [-0.3, -0.25) is 0 Å². The van der Waals surface area contributed by atoms with Gasteiger partial charge in [0.15, 0.2) is 0 Å². The molecule has 17 heavy (non-hydrogen) atoms. The van der Waals surface area contributed by atoms with Gasteiger partial charge in [-0.05, 0) is 36.6 Å². The second kappa shape index (κ2) is 5.47. The van der Waals surface area contributed by atoms with E-state index >= 15 is 0 Å². The summed E-state index contributed by atoms with van der Waals surface area (Å²) in [7, 11) is 0. The first kappa shape index (κ1) is 12.3. The number of benzene rings is 1. The Morgan fingerprint density at radius 2 is 2.29 bits per heavy atom. The minimum absolute atomic E-state index is 0.224. The van der Waals surface area contributed by atoms with Crippen LogP contribution < -0.4 is 5.73 Å². The first-order valence-corrected chi connectivity index (χ1v) is 6.54. The normalized spacial score (nSPS) is 12.6.